The molecule has 15 heteroatoms. The van der Waals surface area contributed by atoms with Gasteiger partial charge in [-0.15, -0.1) is 0 Å². The zero-order valence-corrected chi connectivity index (χ0v) is 32.0. The van der Waals surface area contributed by atoms with Crippen LogP contribution in [0.15, 0.2) is 97.1 Å². The van der Waals surface area contributed by atoms with Crippen molar-refractivity contribution < 1.29 is 34.1 Å². The number of esters is 1. The fraction of sp³-hybridized carbons (Fsp3) is 0.209. The summed E-state index contributed by atoms with van der Waals surface area (Å²) >= 11 is 0. The third-order valence-electron chi connectivity index (χ3n) is 9.81. The Morgan fingerprint density at radius 2 is 1.12 bits per heavy atom. The van der Waals surface area contributed by atoms with Crippen LogP contribution < -0.4 is 11.9 Å². The van der Waals surface area contributed by atoms with Crippen LogP contribution in [0.4, 0.5) is 0 Å². The Kier molecular flexibility index (Phi) is 11.2. The van der Waals surface area contributed by atoms with Gasteiger partial charge < -0.3 is 36.6 Å². The maximum Gasteiger partial charge on any atom is 0.359 e. The number of rotatable bonds is 4. The predicted molar refractivity (Wildman–Crippen MR) is 215 cm³/mol. The van der Waals surface area contributed by atoms with E-state index in [1.165, 1.54) is 16.9 Å². The van der Waals surface area contributed by atoms with Crippen molar-refractivity contribution in [3.8, 4) is 35.1 Å². The van der Waals surface area contributed by atoms with E-state index in [0.717, 1.165) is 11.0 Å². The molecule has 2 aromatic heterocycles. The molecule has 2 saturated heterocycles. The summed E-state index contributed by atoms with van der Waals surface area (Å²) in [5.41, 5.74) is 6.71. The molecular weight excluding hydrogens is 741 g/mol. The molecule has 8 rings (SSSR count). The lowest BCUT2D eigenvalue weighted by Crippen LogP contribution is -2.37. The molecule has 0 spiro atoms. The van der Waals surface area contributed by atoms with Gasteiger partial charge in [-0.2, -0.15) is 10.2 Å². The van der Waals surface area contributed by atoms with E-state index in [2.05, 4.69) is 33.9 Å². The number of likely N-dealkylation sites (tertiary alicyclic amines) is 2. The van der Waals surface area contributed by atoms with Crippen molar-refractivity contribution in [2.24, 2.45) is 5.73 Å². The molecule has 2 aliphatic rings. The van der Waals surface area contributed by atoms with E-state index in [4.69, 9.17) is 10.5 Å². The molecular formula is C43H40N8O7. The number of ether oxygens (including phenoxy) is 1. The van der Waals surface area contributed by atoms with Gasteiger partial charge in [0.15, 0.2) is 11.4 Å². The molecule has 0 bridgehead atoms. The van der Waals surface area contributed by atoms with E-state index in [9.17, 15) is 29.4 Å². The summed E-state index contributed by atoms with van der Waals surface area (Å²) < 4.78 is 8.12. The minimum Gasteiger partial charge on any atom is -0.464 e. The Labute approximate surface area is 333 Å². The van der Waals surface area contributed by atoms with Crippen LogP contribution in [0.3, 0.4) is 0 Å². The van der Waals surface area contributed by atoms with Crippen molar-refractivity contribution in [2.45, 2.75) is 24.0 Å². The number of para-hydroxylation sites is 2. The molecule has 7 N–H and O–H groups in total. The highest BCUT2D eigenvalue weighted by molar-refractivity contribution is 6.04. The monoisotopic (exact) mass is 780 g/mol. The molecule has 0 aliphatic carbocycles. The number of primary amides is 1. The van der Waals surface area contributed by atoms with Crippen molar-refractivity contribution in [3.05, 3.63) is 120 Å². The zero-order valence-electron chi connectivity index (χ0n) is 32.0. The van der Waals surface area contributed by atoms with Crippen LogP contribution in [0.25, 0.3) is 33.2 Å². The van der Waals surface area contributed by atoms with E-state index in [-0.39, 0.29) is 42.2 Å². The van der Waals surface area contributed by atoms with Crippen LogP contribution in [-0.4, -0.2) is 109 Å². The van der Waals surface area contributed by atoms with Crippen molar-refractivity contribution in [1.29, 1.82) is 0 Å². The number of hydrogen-bond donors (Lipinski definition) is 4. The first kappa shape index (κ1) is 40.4. The van der Waals surface area contributed by atoms with E-state index in [1.807, 2.05) is 54.6 Å². The van der Waals surface area contributed by atoms with Gasteiger partial charge in [-0.1, -0.05) is 72.2 Å². The van der Waals surface area contributed by atoms with Gasteiger partial charge >= 0.3 is 5.97 Å². The summed E-state index contributed by atoms with van der Waals surface area (Å²) in [5, 5.41) is 31.1. The first-order chi connectivity index (χ1) is 27.3. The number of nitrogens with zero attached hydrogens (tertiary/aromatic N) is 6. The lowest BCUT2D eigenvalue weighted by Gasteiger charge is -2.13. The number of hydrogen-bond acceptors (Lipinski definition) is 10. The third kappa shape index (κ3) is 7.61. The fourth-order valence-electron chi connectivity index (χ4n) is 6.68. The summed E-state index contributed by atoms with van der Waals surface area (Å²) in [6.07, 6.45) is 0.558. The molecule has 0 saturated carbocycles. The molecule has 4 aromatic carbocycles. The minimum absolute atomic E-state index is 0. The van der Waals surface area contributed by atoms with E-state index in [0.29, 0.717) is 46.4 Å². The summed E-state index contributed by atoms with van der Waals surface area (Å²) in [5.74, 6) is 9.31. The van der Waals surface area contributed by atoms with Crippen LogP contribution in [0.5, 0.6) is 0 Å². The quantitative estimate of drug-likeness (QED) is 0.151. The van der Waals surface area contributed by atoms with Gasteiger partial charge in [-0.25, -0.2) is 14.2 Å². The number of amides is 3. The normalized spacial score (nSPS) is 18.4. The average molecular weight is 781 g/mol. The van der Waals surface area contributed by atoms with Gasteiger partial charge in [0.05, 0.1) is 29.5 Å². The van der Waals surface area contributed by atoms with Gasteiger partial charge in [-0.3, -0.25) is 14.4 Å². The second kappa shape index (κ2) is 16.0. The Bertz CT molecular complexity index is 2730. The highest BCUT2D eigenvalue weighted by Crippen LogP contribution is 2.26. The Hall–Kier alpha value is -7.30. The highest BCUT2D eigenvalue weighted by atomic mass is 16.5. The van der Waals surface area contributed by atoms with Crippen molar-refractivity contribution >= 4 is 45.5 Å². The third-order valence-corrected chi connectivity index (χ3v) is 9.81. The zero-order chi connectivity index (χ0) is 40.5. The maximum atomic E-state index is 12.1. The Morgan fingerprint density at radius 1 is 0.690 bits per heavy atom. The SMILES string of the molecule is CN1CC[C@](O)(C#Cc2cccc(-n3nc(C(N)=O)c4ccccc43)c2)C1=O.COC(=O)c1nn(-c2cccc(C#C[C@@]3(O)CCN(C)C3=O)c2)c2ccccc12.N. The number of carbonyl (C=O) groups is 4. The van der Waals surface area contributed by atoms with E-state index < -0.39 is 23.1 Å². The molecule has 6 aromatic rings. The molecule has 15 nitrogen and oxygen atoms in total. The van der Waals surface area contributed by atoms with Crippen LogP contribution >= 0.6 is 0 Å². The number of nitrogens with two attached hydrogens (primary N) is 1. The molecule has 294 valence electrons. The topological polar surface area (TPSA) is 221 Å². The van der Waals surface area contributed by atoms with Gasteiger partial charge in [0.25, 0.3) is 17.7 Å². The van der Waals surface area contributed by atoms with Crippen molar-refractivity contribution in [1.82, 2.24) is 35.5 Å². The summed E-state index contributed by atoms with van der Waals surface area (Å²) in [7, 11) is 4.60. The second-order valence-corrected chi connectivity index (χ2v) is 13.7. The molecule has 0 radical (unpaired) electrons. The number of fused-ring (bicyclic) bond motifs is 2. The fourth-order valence-corrected chi connectivity index (χ4v) is 6.68. The largest absolute Gasteiger partial charge is 0.464 e. The van der Waals surface area contributed by atoms with Gasteiger partial charge in [0, 0.05) is 61.9 Å². The molecule has 58 heavy (non-hydrogen) atoms. The smallest absolute Gasteiger partial charge is 0.359 e. The molecule has 0 unspecified atom stereocenters. The van der Waals surface area contributed by atoms with Crippen molar-refractivity contribution in [3.63, 3.8) is 0 Å². The predicted octanol–water partition coefficient (Wildman–Crippen LogP) is 2.99. The number of aliphatic hydroxyl groups is 2. The number of carbonyl (C=O) groups excluding carboxylic acids is 4. The first-order valence-electron chi connectivity index (χ1n) is 17.9. The lowest BCUT2D eigenvalue weighted by atomic mass is 10.0. The van der Waals surface area contributed by atoms with Crippen LogP contribution in [0.1, 0.15) is 44.9 Å². The van der Waals surface area contributed by atoms with Gasteiger partial charge in [0.2, 0.25) is 11.2 Å². The Balaban J connectivity index is 0.000000192. The number of methoxy groups -OCH3 is 1. The van der Waals surface area contributed by atoms with Gasteiger partial charge in [-0.05, 0) is 48.5 Å². The second-order valence-electron chi connectivity index (χ2n) is 13.7. The van der Waals surface area contributed by atoms with Crippen LogP contribution in [-0.2, 0) is 14.3 Å². The Morgan fingerprint density at radius 3 is 1.53 bits per heavy atom. The standard InChI is InChI=1S/C22H19N3O4.C21H18N4O3.H3N/c1-24-13-12-22(28,21(24)27)11-10-15-6-5-7-16(14-15)25-18-9-4-3-8-17(18)19(23-25)20(26)29-2;1-24-12-11-21(28,20(24)27)10-9-14-5-4-6-15(13-14)25-17-8-3-2-7-16(17)18(23-25)19(22)26;/h3-9,14,28H,12-13H2,1-2H3;2-8,13,28H,11-12H2,1H3,(H2,22,26);1H3/t22-;21-;/m11./s1. The van der Waals surface area contributed by atoms with Gasteiger partial charge in [0.1, 0.15) is 0 Å². The number of benzene rings is 4. The molecule has 2 aliphatic heterocycles. The van der Waals surface area contributed by atoms with E-state index >= 15 is 0 Å². The van der Waals surface area contributed by atoms with E-state index in [1.54, 1.807) is 65.9 Å². The summed E-state index contributed by atoms with van der Waals surface area (Å²) in [6, 6.07) is 29.1. The number of aromatic nitrogens is 4. The number of likely N-dealkylation sites (N-methyl/N-ethyl adjacent to an activating group) is 2. The summed E-state index contributed by atoms with van der Waals surface area (Å²) in [6.45, 7) is 0.943. The maximum absolute atomic E-state index is 12.1. The highest BCUT2D eigenvalue weighted by Gasteiger charge is 2.43. The molecule has 2 atom stereocenters. The molecule has 3 amide bonds. The summed E-state index contributed by atoms with van der Waals surface area (Å²) in [4.78, 5) is 50.9. The minimum atomic E-state index is -1.65. The lowest BCUT2D eigenvalue weighted by molar-refractivity contribution is -0.138. The molecule has 2 fully saturated rings. The van der Waals surface area contributed by atoms with Crippen molar-refractivity contribution in [2.75, 3.05) is 34.3 Å². The first-order valence-corrected chi connectivity index (χ1v) is 17.9. The molecule has 4 heterocycles. The van der Waals surface area contributed by atoms with Crippen LogP contribution in [0.2, 0.25) is 0 Å². The van der Waals surface area contributed by atoms with Crippen LogP contribution in [0, 0.1) is 23.7 Å². The average Bonchev–Trinajstić information content (AvgIpc) is 3.96.